The topological polar surface area (TPSA) is 84.2 Å². The van der Waals surface area contributed by atoms with E-state index in [1.165, 1.54) is 11.0 Å². The molecule has 0 unspecified atom stereocenters. The molecule has 0 fully saturated rings. The van der Waals surface area contributed by atoms with E-state index in [1.54, 1.807) is 13.1 Å². The van der Waals surface area contributed by atoms with Crippen molar-refractivity contribution in [3.8, 4) is 11.4 Å². The minimum Gasteiger partial charge on any atom is -0.345 e. The second kappa shape index (κ2) is 8.34. The first kappa shape index (κ1) is 20.8. The SMILES string of the molecule is CN(CC(=O)NCc1nc(-c2ccccc2)no1)c1nc2c(C(F)(F)F)cccc2s1. The van der Waals surface area contributed by atoms with Gasteiger partial charge in [0.15, 0.2) is 5.13 Å². The number of carbonyl (C=O) groups is 1. The largest absolute Gasteiger partial charge is 0.418 e. The minimum atomic E-state index is -4.50. The van der Waals surface area contributed by atoms with E-state index in [0.29, 0.717) is 15.7 Å². The van der Waals surface area contributed by atoms with E-state index in [9.17, 15) is 18.0 Å². The molecule has 160 valence electrons. The monoisotopic (exact) mass is 447 g/mol. The lowest BCUT2D eigenvalue weighted by atomic mass is 10.2. The number of halogens is 3. The molecule has 0 saturated heterocycles. The number of benzene rings is 2. The molecule has 1 N–H and O–H groups in total. The Kier molecular flexibility index (Phi) is 5.59. The quantitative estimate of drug-likeness (QED) is 0.479. The van der Waals surface area contributed by atoms with Crippen LogP contribution in [0, 0.1) is 0 Å². The highest BCUT2D eigenvalue weighted by Gasteiger charge is 2.34. The molecule has 4 aromatic rings. The second-order valence-electron chi connectivity index (χ2n) is 6.66. The zero-order valence-electron chi connectivity index (χ0n) is 16.2. The Hall–Kier alpha value is -3.47. The molecule has 2 heterocycles. The van der Waals surface area contributed by atoms with E-state index in [1.807, 2.05) is 30.3 Å². The first-order valence-corrected chi connectivity index (χ1v) is 9.95. The van der Waals surface area contributed by atoms with Crippen LogP contribution in [0.5, 0.6) is 0 Å². The van der Waals surface area contributed by atoms with Crippen LogP contribution < -0.4 is 10.2 Å². The molecule has 0 radical (unpaired) electrons. The van der Waals surface area contributed by atoms with E-state index in [0.717, 1.165) is 23.0 Å². The van der Waals surface area contributed by atoms with Gasteiger partial charge in [-0.25, -0.2) is 4.98 Å². The lowest BCUT2D eigenvalue weighted by molar-refractivity contribution is -0.136. The number of alkyl halides is 3. The predicted molar refractivity (Wildman–Crippen MR) is 109 cm³/mol. The van der Waals surface area contributed by atoms with Gasteiger partial charge in [0, 0.05) is 12.6 Å². The number of nitrogens with one attached hydrogen (secondary N) is 1. The molecule has 0 atom stereocenters. The number of hydrogen-bond acceptors (Lipinski definition) is 7. The van der Waals surface area contributed by atoms with E-state index in [-0.39, 0.29) is 30.4 Å². The van der Waals surface area contributed by atoms with Crippen LogP contribution in [0.1, 0.15) is 11.5 Å². The third-order valence-electron chi connectivity index (χ3n) is 4.36. The van der Waals surface area contributed by atoms with Crippen molar-refractivity contribution in [2.75, 3.05) is 18.5 Å². The van der Waals surface area contributed by atoms with Crippen molar-refractivity contribution in [1.82, 2.24) is 20.4 Å². The van der Waals surface area contributed by atoms with Crippen LogP contribution in [0.3, 0.4) is 0 Å². The summed E-state index contributed by atoms with van der Waals surface area (Å²) in [6.07, 6.45) is -4.50. The van der Waals surface area contributed by atoms with E-state index >= 15 is 0 Å². The summed E-state index contributed by atoms with van der Waals surface area (Å²) in [5.74, 6) is 0.291. The number of hydrogen-bond donors (Lipinski definition) is 1. The molecule has 0 bridgehead atoms. The highest BCUT2D eigenvalue weighted by Crippen LogP contribution is 2.38. The number of thiazole rings is 1. The van der Waals surface area contributed by atoms with Gasteiger partial charge < -0.3 is 14.7 Å². The van der Waals surface area contributed by atoms with Crippen molar-refractivity contribution >= 4 is 32.6 Å². The summed E-state index contributed by atoms with van der Waals surface area (Å²) in [7, 11) is 1.59. The predicted octanol–water partition coefficient (Wildman–Crippen LogP) is 4.12. The summed E-state index contributed by atoms with van der Waals surface area (Å²) in [4.78, 5) is 22.1. The maximum Gasteiger partial charge on any atom is 0.418 e. The fourth-order valence-corrected chi connectivity index (χ4v) is 3.83. The average Bonchev–Trinajstić information content (AvgIpc) is 3.39. The van der Waals surface area contributed by atoms with Gasteiger partial charge >= 0.3 is 6.18 Å². The van der Waals surface area contributed by atoms with E-state index in [4.69, 9.17) is 4.52 Å². The Balaban J connectivity index is 1.39. The lowest BCUT2D eigenvalue weighted by Gasteiger charge is -2.14. The van der Waals surface area contributed by atoms with Gasteiger partial charge in [0.1, 0.15) is 0 Å². The first-order valence-electron chi connectivity index (χ1n) is 9.14. The molecule has 4 rings (SSSR count). The van der Waals surface area contributed by atoms with Crippen LogP contribution in [0.25, 0.3) is 21.6 Å². The van der Waals surface area contributed by atoms with Crippen molar-refractivity contribution < 1.29 is 22.5 Å². The summed E-state index contributed by atoms with van der Waals surface area (Å²) < 4.78 is 45.1. The second-order valence-corrected chi connectivity index (χ2v) is 7.67. The molecular weight excluding hydrogens is 431 g/mol. The van der Waals surface area contributed by atoms with Crippen LogP contribution >= 0.6 is 11.3 Å². The van der Waals surface area contributed by atoms with Gasteiger partial charge in [0.05, 0.1) is 28.9 Å². The fourth-order valence-electron chi connectivity index (χ4n) is 2.87. The van der Waals surface area contributed by atoms with Crippen molar-refractivity contribution in [2.45, 2.75) is 12.7 Å². The third-order valence-corrected chi connectivity index (χ3v) is 5.49. The maximum absolute atomic E-state index is 13.2. The molecule has 1 amide bonds. The molecule has 0 saturated carbocycles. The normalized spacial score (nSPS) is 11.6. The Labute approximate surface area is 178 Å². The molecule has 31 heavy (non-hydrogen) atoms. The van der Waals surface area contributed by atoms with Crippen LogP contribution in [0.15, 0.2) is 53.1 Å². The van der Waals surface area contributed by atoms with Crippen molar-refractivity contribution in [2.24, 2.45) is 0 Å². The summed E-state index contributed by atoms with van der Waals surface area (Å²) in [5, 5.41) is 6.84. The number of nitrogens with zero attached hydrogens (tertiary/aromatic N) is 4. The summed E-state index contributed by atoms with van der Waals surface area (Å²) in [6, 6.07) is 13.1. The van der Waals surface area contributed by atoms with E-state index in [2.05, 4.69) is 20.4 Å². The van der Waals surface area contributed by atoms with Crippen LogP contribution in [-0.4, -0.2) is 34.6 Å². The number of fused-ring (bicyclic) bond motifs is 1. The zero-order valence-corrected chi connectivity index (χ0v) is 17.0. The van der Waals surface area contributed by atoms with Gasteiger partial charge in [0.25, 0.3) is 0 Å². The van der Waals surface area contributed by atoms with Gasteiger partial charge in [-0.2, -0.15) is 18.2 Å². The minimum absolute atomic E-state index is 0.0323. The number of anilines is 1. The number of aromatic nitrogens is 3. The zero-order chi connectivity index (χ0) is 22.0. The molecule has 0 aliphatic rings. The standard InChI is InChI=1S/C20H16F3N5O2S/c1-28(19-26-17-13(20(21,22)23)8-5-9-14(17)31-19)11-15(29)24-10-16-25-18(27-30-16)12-6-3-2-4-7-12/h2-9H,10-11H2,1H3,(H,24,29). The van der Waals surface area contributed by atoms with Crippen LogP contribution in [0.4, 0.5) is 18.3 Å². The maximum atomic E-state index is 13.2. The van der Waals surface area contributed by atoms with Crippen LogP contribution in [0.2, 0.25) is 0 Å². The average molecular weight is 447 g/mol. The van der Waals surface area contributed by atoms with Crippen molar-refractivity contribution in [3.05, 3.63) is 60.0 Å². The highest BCUT2D eigenvalue weighted by atomic mass is 32.1. The van der Waals surface area contributed by atoms with Gasteiger partial charge in [-0.3, -0.25) is 4.79 Å². The van der Waals surface area contributed by atoms with Crippen LogP contribution in [-0.2, 0) is 17.5 Å². The summed E-state index contributed by atoms with van der Waals surface area (Å²) in [5.41, 5.74) is -0.129. The van der Waals surface area contributed by atoms with Gasteiger partial charge in [0.2, 0.25) is 17.6 Å². The Bertz CT molecular complexity index is 1210. The summed E-state index contributed by atoms with van der Waals surface area (Å²) >= 11 is 1.09. The van der Waals surface area contributed by atoms with Gasteiger partial charge in [-0.05, 0) is 12.1 Å². The summed E-state index contributed by atoms with van der Waals surface area (Å²) in [6.45, 7) is -0.0641. The number of para-hydroxylation sites is 1. The molecule has 0 aliphatic carbocycles. The fraction of sp³-hybridized carbons (Fsp3) is 0.200. The molecule has 0 aliphatic heterocycles. The number of rotatable bonds is 6. The molecule has 7 nitrogen and oxygen atoms in total. The molecule has 11 heteroatoms. The number of amides is 1. The molecule has 2 aromatic carbocycles. The molecule has 0 spiro atoms. The molecular formula is C20H16F3N5O2S. The highest BCUT2D eigenvalue weighted by molar-refractivity contribution is 7.22. The Morgan fingerprint density at radius 3 is 2.65 bits per heavy atom. The first-order chi connectivity index (χ1) is 14.8. The van der Waals surface area contributed by atoms with Crippen molar-refractivity contribution in [1.29, 1.82) is 0 Å². The third kappa shape index (κ3) is 4.66. The Morgan fingerprint density at radius 2 is 1.90 bits per heavy atom. The Morgan fingerprint density at radius 1 is 1.13 bits per heavy atom. The smallest absolute Gasteiger partial charge is 0.345 e. The van der Waals surface area contributed by atoms with Gasteiger partial charge in [-0.15, -0.1) is 0 Å². The molecule has 2 aromatic heterocycles. The van der Waals surface area contributed by atoms with E-state index < -0.39 is 11.7 Å². The number of likely N-dealkylation sites (N-methyl/N-ethyl adjacent to an activating group) is 1. The van der Waals surface area contributed by atoms with Gasteiger partial charge in [-0.1, -0.05) is 52.9 Å². The van der Waals surface area contributed by atoms with Crippen molar-refractivity contribution in [3.63, 3.8) is 0 Å². The number of carbonyl (C=O) groups excluding carboxylic acids is 1. The lowest BCUT2D eigenvalue weighted by Crippen LogP contribution is -2.34.